The lowest BCUT2D eigenvalue weighted by molar-refractivity contribution is 0.253. The first kappa shape index (κ1) is 12.1. The Balaban J connectivity index is 2.02. The predicted molar refractivity (Wildman–Crippen MR) is 70.7 cm³/mol. The minimum Gasteiger partial charge on any atom is -0.396 e. The van der Waals surface area contributed by atoms with Gasteiger partial charge in [-0.05, 0) is 24.7 Å². The highest BCUT2D eigenvalue weighted by molar-refractivity contribution is 5.36. The molecule has 2 rings (SSSR count). The Bertz CT molecular complexity index is 347. The van der Waals surface area contributed by atoms with Crippen molar-refractivity contribution in [3.63, 3.8) is 0 Å². The van der Waals surface area contributed by atoms with Crippen molar-refractivity contribution in [1.29, 1.82) is 0 Å². The Kier molecular flexibility index (Phi) is 3.82. The van der Waals surface area contributed by atoms with Crippen LogP contribution in [0.3, 0.4) is 0 Å². The molecule has 2 atom stereocenters. The molecule has 4 nitrogen and oxygen atoms in total. The molecule has 0 radical (unpaired) electrons. The van der Waals surface area contributed by atoms with E-state index in [9.17, 15) is 0 Å². The average Bonchev–Trinajstić information content (AvgIpc) is 2.32. The molecular formula is C13H22N4. The van der Waals surface area contributed by atoms with Crippen LogP contribution in [0.4, 0.5) is 11.6 Å². The molecule has 0 aromatic carbocycles. The summed E-state index contributed by atoms with van der Waals surface area (Å²) >= 11 is 0. The van der Waals surface area contributed by atoms with Crippen LogP contribution in [0.1, 0.15) is 39.5 Å². The number of hydrogen-bond donors (Lipinski definition) is 2. The molecule has 0 bridgehead atoms. The molecular weight excluding hydrogens is 212 g/mol. The Labute approximate surface area is 103 Å². The standard InChI is InChI=1S/C13H22N4/c1-9(2)11-5-3-4-6-12(11)17-13-15-7-10(14)8-16-13/h7-9,11-12H,3-6,14H2,1-2H3,(H,15,16,17). The fourth-order valence-electron chi connectivity index (χ4n) is 2.72. The van der Waals surface area contributed by atoms with E-state index < -0.39 is 0 Å². The third-order valence-corrected chi connectivity index (χ3v) is 3.66. The van der Waals surface area contributed by atoms with Crippen molar-refractivity contribution in [2.24, 2.45) is 11.8 Å². The van der Waals surface area contributed by atoms with Crippen molar-refractivity contribution >= 4 is 11.6 Å². The van der Waals surface area contributed by atoms with E-state index in [4.69, 9.17) is 5.73 Å². The Morgan fingerprint density at radius 2 is 1.88 bits per heavy atom. The molecule has 0 aliphatic heterocycles. The fraction of sp³-hybridized carbons (Fsp3) is 0.692. The van der Waals surface area contributed by atoms with Crippen molar-refractivity contribution in [2.45, 2.75) is 45.6 Å². The highest BCUT2D eigenvalue weighted by Crippen LogP contribution is 2.31. The van der Waals surface area contributed by atoms with E-state index in [1.165, 1.54) is 25.7 Å². The molecule has 1 aliphatic rings. The molecule has 3 N–H and O–H groups in total. The van der Waals surface area contributed by atoms with Crippen molar-refractivity contribution in [1.82, 2.24) is 9.97 Å². The fourth-order valence-corrected chi connectivity index (χ4v) is 2.72. The predicted octanol–water partition coefficient (Wildman–Crippen LogP) is 2.69. The number of nitrogen functional groups attached to an aromatic ring is 1. The molecule has 4 heteroatoms. The maximum Gasteiger partial charge on any atom is 0.222 e. The van der Waals surface area contributed by atoms with Crippen molar-refractivity contribution < 1.29 is 0 Å². The van der Waals surface area contributed by atoms with Gasteiger partial charge in [0.1, 0.15) is 0 Å². The van der Waals surface area contributed by atoms with E-state index in [1.807, 2.05) is 0 Å². The van der Waals surface area contributed by atoms with Gasteiger partial charge in [0.25, 0.3) is 0 Å². The first-order valence-corrected chi connectivity index (χ1v) is 6.51. The van der Waals surface area contributed by atoms with Gasteiger partial charge in [-0.1, -0.05) is 26.7 Å². The second-order valence-corrected chi connectivity index (χ2v) is 5.28. The second-order valence-electron chi connectivity index (χ2n) is 5.28. The summed E-state index contributed by atoms with van der Waals surface area (Å²) in [7, 11) is 0. The quantitative estimate of drug-likeness (QED) is 0.844. The molecule has 0 spiro atoms. The lowest BCUT2D eigenvalue weighted by Gasteiger charge is -2.34. The van der Waals surface area contributed by atoms with E-state index in [0.717, 1.165) is 5.92 Å². The minimum absolute atomic E-state index is 0.507. The van der Waals surface area contributed by atoms with Gasteiger partial charge in [0, 0.05) is 6.04 Å². The molecule has 1 aliphatic carbocycles. The number of nitrogens with two attached hydrogens (primary N) is 1. The smallest absolute Gasteiger partial charge is 0.222 e. The van der Waals surface area contributed by atoms with E-state index >= 15 is 0 Å². The zero-order valence-electron chi connectivity index (χ0n) is 10.7. The topological polar surface area (TPSA) is 63.8 Å². The van der Waals surface area contributed by atoms with Crippen LogP contribution in [0, 0.1) is 11.8 Å². The third kappa shape index (κ3) is 3.08. The summed E-state index contributed by atoms with van der Waals surface area (Å²) < 4.78 is 0. The molecule has 1 aromatic heterocycles. The molecule has 0 saturated heterocycles. The first-order chi connectivity index (χ1) is 8.16. The summed E-state index contributed by atoms with van der Waals surface area (Å²) in [6, 6.07) is 0.507. The van der Waals surface area contributed by atoms with Crippen LogP contribution in [0.2, 0.25) is 0 Å². The SMILES string of the molecule is CC(C)C1CCCCC1Nc1ncc(N)cn1. The van der Waals surface area contributed by atoms with Gasteiger partial charge in [0.05, 0.1) is 18.1 Å². The molecule has 1 heterocycles. The zero-order chi connectivity index (χ0) is 12.3. The molecule has 0 amide bonds. The van der Waals surface area contributed by atoms with Gasteiger partial charge in [0.15, 0.2) is 0 Å². The van der Waals surface area contributed by atoms with Gasteiger partial charge in [-0.2, -0.15) is 0 Å². The average molecular weight is 234 g/mol. The molecule has 1 fully saturated rings. The van der Waals surface area contributed by atoms with Gasteiger partial charge >= 0.3 is 0 Å². The normalized spacial score (nSPS) is 24.9. The van der Waals surface area contributed by atoms with Gasteiger partial charge in [0.2, 0.25) is 5.95 Å². The Hall–Kier alpha value is -1.32. The summed E-state index contributed by atoms with van der Waals surface area (Å²) in [5.74, 6) is 2.14. The van der Waals surface area contributed by atoms with Crippen LogP contribution in [-0.2, 0) is 0 Å². The molecule has 1 saturated carbocycles. The van der Waals surface area contributed by atoms with Crippen molar-refractivity contribution in [3.8, 4) is 0 Å². The second kappa shape index (κ2) is 5.34. The number of aromatic nitrogens is 2. The highest BCUT2D eigenvalue weighted by atomic mass is 15.1. The van der Waals surface area contributed by atoms with Crippen LogP contribution >= 0.6 is 0 Å². The van der Waals surface area contributed by atoms with Crippen LogP contribution in [0.15, 0.2) is 12.4 Å². The molecule has 94 valence electrons. The van der Waals surface area contributed by atoms with Gasteiger partial charge < -0.3 is 11.1 Å². The van der Waals surface area contributed by atoms with Crippen molar-refractivity contribution in [2.75, 3.05) is 11.1 Å². The largest absolute Gasteiger partial charge is 0.396 e. The first-order valence-electron chi connectivity index (χ1n) is 6.51. The number of rotatable bonds is 3. The molecule has 17 heavy (non-hydrogen) atoms. The lowest BCUT2D eigenvalue weighted by atomic mass is 9.78. The van der Waals surface area contributed by atoms with Gasteiger partial charge in [-0.25, -0.2) is 9.97 Å². The Morgan fingerprint density at radius 1 is 1.24 bits per heavy atom. The maximum absolute atomic E-state index is 5.58. The maximum atomic E-state index is 5.58. The summed E-state index contributed by atoms with van der Waals surface area (Å²) in [6.45, 7) is 4.60. The number of anilines is 2. The van der Waals surface area contributed by atoms with Crippen LogP contribution < -0.4 is 11.1 Å². The minimum atomic E-state index is 0.507. The van der Waals surface area contributed by atoms with Gasteiger partial charge in [-0.3, -0.25) is 0 Å². The summed E-state index contributed by atoms with van der Waals surface area (Å²) in [6.07, 6.45) is 8.49. The Morgan fingerprint density at radius 3 is 2.53 bits per heavy atom. The van der Waals surface area contributed by atoms with Crippen LogP contribution in [-0.4, -0.2) is 16.0 Å². The van der Waals surface area contributed by atoms with Crippen LogP contribution in [0.25, 0.3) is 0 Å². The van der Waals surface area contributed by atoms with E-state index in [-0.39, 0.29) is 0 Å². The van der Waals surface area contributed by atoms with E-state index in [0.29, 0.717) is 23.6 Å². The summed E-state index contributed by atoms with van der Waals surface area (Å²) in [5.41, 5.74) is 6.19. The van der Waals surface area contributed by atoms with E-state index in [1.54, 1.807) is 12.4 Å². The highest BCUT2D eigenvalue weighted by Gasteiger charge is 2.27. The number of nitrogens with zero attached hydrogens (tertiary/aromatic N) is 2. The van der Waals surface area contributed by atoms with E-state index in [2.05, 4.69) is 29.1 Å². The monoisotopic (exact) mass is 234 g/mol. The summed E-state index contributed by atoms with van der Waals surface area (Å²) in [5, 5.41) is 3.46. The lowest BCUT2D eigenvalue weighted by Crippen LogP contribution is -2.35. The van der Waals surface area contributed by atoms with Crippen molar-refractivity contribution in [3.05, 3.63) is 12.4 Å². The third-order valence-electron chi connectivity index (χ3n) is 3.66. The summed E-state index contributed by atoms with van der Waals surface area (Å²) in [4.78, 5) is 8.44. The molecule has 2 unspecified atom stereocenters. The zero-order valence-corrected chi connectivity index (χ0v) is 10.7. The number of nitrogens with one attached hydrogen (secondary N) is 1. The van der Waals surface area contributed by atoms with Crippen LogP contribution in [0.5, 0.6) is 0 Å². The van der Waals surface area contributed by atoms with Gasteiger partial charge in [-0.15, -0.1) is 0 Å². The number of hydrogen-bond acceptors (Lipinski definition) is 4. The molecule has 1 aromatic rings.